The minimum atomic E-state index is -0.723. The van der Waals surface area contributed by atoms with Gasteiger partial charge in [-0.15, -0.1) is 0 Å². The number of hydrogen-bond donors (Lipinski definition) is 1. The van der Waals surface area contributed by atoms with Crippen molar-refractivity contribution in [1.29, 1.82) is 0 Å². The van der Waals surface area contributed by atoms with Crippen LogP contribution in [0.25, 0.3) is 0 Å². The van der Waals surface area contributed by atoms with E-state index in [4.69, 9.17) is 0 Å². The summed E-state index contributed by atoms with van der Waals surface area (Å²) in [5.74, 6) is -0.117. The second-order valence-electron chi connectivity index (χ2n) is 5.30. The second-order valence-corrected chi connectivity index (χ2v) is 5.87. The van der Waals surface area contributed by atoms with E-state index in [0.29, 0.717) is 13.0 Å². The van der Waals surface area contributed by atoms with Crippen molar-refractivity contribution >= 4 is 27.9 Å². The lowest BCUT2D eigenvalue weighted by Gasteiger charge is -2.27. The highest BCUT2D eigenvalue weighted by atomic mass is 79.9. The van der Waals surface area contributed by atoms with Gasteiger partial charge in [0.25, 0.3) is 5.91 Å². The molecule has 1 atom stereocenters. The van der Waals surface area contributed by atoms with Crippen molar-refractivity contribution in [3.63, 3.8) is 0 Å². The molecule has 0 aromatic heterocycles. The molecule has 1 heterocycles. The molecule has 0 saturated carbocycles. The summed E-state index contributed by atoms with van der Waals surface area (Å²) in [6, 6.07) is -0.275. The molecule has 5 heteroatoms. The molecule has 16 heavy (non-hydrogen) atoms. The number of nitrogens with one attached hydrogen (secondary N) is 1. The van der Waals surface area contributed by atoms with E-state index in [1.54, 1.807) is 6.92 Å². The first-order chi connectivity index (χ1) is 7.25. The molecule has 0 spiro atoms. The van der Waals surface area contributed by atoms with Gasteiger partial charge >= 0.3 is 6.03 Å². The van der Waals surface area contributed by atoms with Gasteiger partial charge in [0.2, 0.25) is 0 Å². The Labute approximate surface area is 105 Å². The van der Waals surface area contributed by atoms with E-state index in [2.05, 4.69) is 21.2 Å². The van der Waals surface area contributed by atoms with Crippen LogP contribution in [0.4, 0.5) is 4.79 Å². The van der Waals surface area contributed by atoms with Gasteiger partial charge in [0.15, 0.2) is 0 Å². The number of urea groups is 1. The fourth-order valence-corrected chi connectivity index (χ4v) is 1.78. The monoisotopic (exact) mass is 290 g/mol. The van der Waals surface area contributed by atoms with Crippen molar-refractivity contribution in [3.8, 4) is 0 Å². The zero-order valence-corrected chi connectivity index (χ0v) is 11.8. The maximum Gasteiger partial charge on any atom is 0.325 e. The quantitative estimate of drug-likeness (QED) is 0.637. The molecule has 4 nitrogen and oxygen atoms in total. The second kappa shape index (κ2) is 4.35. The molecule has 1 saturated heterocycles. The number of halogens is 1. The van der Waals surface area contributed by atoms with Gasteiger partial charge in [-0.2, -0.15) is 0 Å². The first-order valence-electron chi connectivity index (χ1n) is 5.46. The zero-order valence-electron chi connectivity index (χ0n) is 10.3. The molecular weight excluding hydrogens is 272 g/mol. The van der Waals surface area contributed by atoms with Crippen LogP contribution in [0.1, 0.15) is 34.1 Å². The van der Waals surface area contributed by atoms with Crippen LogP contribution in [0, 0.1) is 5.41 Å². The number of carbonyl (C=O) groups excluding carboxylic acids is 2. The summed E-state index contributed by atoms with van der Waals surface area (Å²) in [4.78, 5) is 25.1. The van der Waals surface area contributed by atoms with E-state index in [9.17, 15) is 9.59 Å². The van der Waals surface area contributed by atoms with E-state index in [-0.39, 0.29) is 17.4 Å². The van der Waals surface area contributed by atoms with Crippen LogP contribution in [0.15, 0.2) is 0 Å². The number of hydrogen-bond acceptors (Lipinski definition) is 2. The lowest BCUT2D eigenvalue weighted by molar-refractivity contribution is -0.131. The zero-order chi connectivity index (χ0) is 12.6. The third-order valence-electron chi connectivity index (χ3n) is 3.00. The van der Waals surface area contributed by atoms with Crippen LogP contribution in [0.5, 0.6) is 0 Å². The number of imide groups is 1. The number of rotatable bonds is 4. The lowest BCUT2D eigenvalue weighted by Crippen LogP contribution is -2.44. The summed E-state index contributed by atoms with van der Waals surface area (Å²) >= 11 is 3.39. The Balaban J connectivity index is 2.84. The number of nitrogens with zero attached hydrogens (tertiary/aromatic N) is 1. The van der Waals surface area contributed by atoms with Gasteiger partial charge in [-0.25, -0.2) is 4.79 Å². The van der Waals surface area contributed by atoms with Crippen molar-refractivity contribution in [3.05, 3.63) is 0 Å². The third kappa shape index (κ3) is 2.39. The third-order valence-corrected chi connectivity index (χ3v) is 4.52. The summed E-state index contributed by atoms with van der Waals surface area (Å²) in [5, 5.41) is 3.50. The van der Waals surface area contributed by atoms with Crippen LogP contribution in [-0.2, 0) is 4.79 Å². The van der Waals surface area contributed by atoms with E-state index in [1.165, 1.54) is 4.90 Å². The van der Waals surface area contributed by atoms with Crippen molar-refractivity contribution in [2.45, 2.75) is 39.7 Å². The topological polar surface area (TPSA) is 49.4 Å². The highest BCUT2D eigenvalue weighted by molar-refractivity contribution is 9.09. The molecule has 0 aliphatic carbocycles. The summed E-state index contributed by atoms with van der Waals surface area (Å²) < 4.78 is 0. The van der Waals surface area contributed by atoms with E-state index < -0.39 is 5.54 Å². The van der Waals surface area contributed by atoms with Crippen LogP contribution >= 0.6 is 15.9 Å². The molecule has 1 N–H and O–H groups in total. The van der Waals surface area contributed by atoms with Gasteiger partial charge < -0.3 is 5.32 Å². The largest absolute Gasteiger partial charge is 0.325 e. The van der Waals surface area contributed by atoms with Crippen LogP contribution in [0.2, 0.25) is 0 Å². The average molecular weight is 291 g/mol. The van der Waals surface area contributed by atoms with Gasteiger partial charge in [0.1, 0.15) is 5.54 Å². The predicted octanol–water partition coefficient (Wildman–Crippen LogP) is 2.13. The van der Waals surface area contributed by atoms with Gasteiger partial charge in [-0.1, -0.05) is 36.7 Å². The van der Waals surface area contributed by atoms with Gasteiger partial charge in [0, 0.05) is 11.9 Å². The highest BCUT2D eigenvalue weighted by Crippen LogP contribution is 2.26. The SMILES string of the molecule is CCC1(C)NC(=O)N(CC(C)(C)CBr)C1=O. The molecule has 1 aliphatic heterocycles. The van der Waals surface area contributed by atoms with Crippen LogP contribution < -0.4 is 5.32 Å². The van der Waals surface area contributed by atoms with Gasteiger partial charge in [-0.3, -0.25) is 9.69 Å². The average Bonchev–Trinajstić information content (AvgIpc) is 2.43. The Hall–Kier alpha value is -0.580. The Morgan fingerprint density at radius 1 is 1.44 bits per heavy atom. The number of carbonyl (C=O) groups is 2. The van der Waals surface area contributed by atoms with Crippen LogP contribution in [0.3, 0.4) is 0 Å². The first-order valence-corrected chi connectivity index (χ1v) is 6.58. The standard InChI is InChI=1S/C11H19BrN2O2/c1-5-11(4)8(15)14(9(16)13-11)7-10(2,3)6-12/h5-7H2,1-4H3,(H,13,16). The Kier molecular flexibility index (Phi) is 3.67. The molecule has 0 radical (unpaired) electrons. The summed E-state index contributed by atoms with van der Waals surface area (Å²) in [6.07, 6.45) is 0.614. The Bertz CT molecular complexity index is 317. The molecule has 0 aromatic rings. The summed E-state index contributed by atoms with van der Waals surface area (Å²) in [7, 11) is 0. The maximum atomic E-state index is 12.1. The van der Waals surface area contributed by atoms with Crippen molar-refractivity contribution < 1.29 is 9.59 Å². The lowest BCUT2D eigenvalue weighted by atomic mass is 9.94. The smallest absolute Gasteiger partial charge is 0.323 e. The van der Waals surface area contributed by atoms with Gasteiger partial charge in [0.05, 0.1) is 0 Å². The van der Waals surface area contributed by atoms with Gasteiger partial charge in [-0.05, 0) is 18.8 Å². The molecule has 92 valence electrons. The molecule has 1 fully saturated rings. The van der Waals surface area contributed by atoms with Crippen molar-refractivity contribution in [2.75, 3.05) is 11.9 Å². The number of alkyl halides is 1. The Morgan fingerprint density at radius 3 is 2.38 bits per heavy atom. The highest BCUT2D eigenvalue weighted by Gasteiger charge is 2.47. The minimum Gasteiger partial charge on any atom is -0.323 e. The molecule has 1 unspecified atom stereocenters. The van der Waals surface area contributed by atoms with E-state index in [0.717, 1.165) is 5.33 Å². The minimum absolute atomic E-state index is 0.105. The van der Waals surface area contributed by atoms with Crippen molar-refractivity contribution in [2.24, 2.45) is 5.41 Å². The predicted molar refractivity (Wildman–Crippen MR) is 66.5 cm³/mol. The normalized spacial score (nSPS) is 26.2. The van der Waals surface area contributed by atoms with Crippen molar-refractivity contribution in [1.82, 2.24) is 10.2 Å². The molecule has 0 bridgehead atoms. The molecule has 1 rings (SSSR count). The number of amides is 3. The molecule has 1 aliphatic rings. The Morgan fingerprint density at radius 2 is 2.00 bits per heavy atom. The molecule has 3 amide bonds. The maximum absolute atomic E-state index is 12.1. The van der Waals surface area contributed by atoms with Crippen LogP contribution in [-0.4, -0.2) is 34.3 Å². The first kappa shape index (κ1) is 13.5. The fourth-order valence-electron chi connectivity index (χ4n) is 1.60. The fraction of sp³-hybridized carbons (Fsp3) is 0.818. The van der Waals surface area contributed by atoms with E-state index in [1.807, 2.05) is 20.8 Å². The summed E-state index contributed by atoms with van der Waals surface area (Å²) in [5.41, 5.74) is -0.828. The molecular formula is C11H19BrN2O2. The van der Waals surface area contributed by atoms with E-state index >= 15 is 0 Å². The summed E-state index contributed by atoms with van der Waals surface area (Å²) in [6.45, 7) is 8.15. The molecule has 0 aromatic carbocycles.